The predicted molar refractivity (Wildman–Crippen MR) is 81.6 cm³/mol. The van der Waals surface area contributed by atoms with Gasteiger partial charge in [0.2, 0.25) is 10.0 Å². The Morgan fingerprint density at radius 3 is 2.67 bits per heavy atom. The fourth-order valence-corrected chi connectivity index (χ4v) is 3.45. The molecule has 21 heavy (non-hydrogen) atoms. The summed E-state index contributed by atoms with van der Waals surface area (Å²) in [5.74, 6) is 0. The van der Waals surface area contributed by atoms with Crippen molar-refractivity contribution in [1.82, 2.24) is 14.7 Å². The third-order valence-electron chi connectivity index (χ3n) is 3.31. The Bertz CT molecular complexity index is 763. The molecule has 1 heterocycles. The molecule has 0 aliphatic rings. The van der Waals surface area contributed by atoms with Crippen LogP contribution in [0, 0.1) is 0 Å². The number of fused-ring (bicyclic) bond motifs is 1. The minimum Gasteiger partial charge on any atom is -0.329 e. The van der Waals surface area contributed by atoms with Gasteiger partial charge >= 0.3 is 5.69 Å². The van der Waals surface area contributed by atoms with Gasteiger partial charge in [0.15, 0.2) is 0 Å². The number of nitrogens with one attached hydrogen (secondary N) is 3. The molecule has 2 rings (SSSR count). The smallest absolute Gasteiger partial charge is 0.323 e. The Balaban J connectivity index is 2.25. The van der Waals surface area contributed by atoms with Crippen LogP contribution in [0.15, 0.2) is 27.9 Å². The Kier molecular flexibility index (Phi) is 4.81. The van der Waals surface area contributed by atoms with Crippen molar-refractivity contribution in [3.63, 3.8) is 0 Å². The molecule has 1 atom stereocenters. The van der Waals surface area contributed by atoms with E-state index in [0.29, 0.717) is 17.5 Å². The van der Waals surface area contributed by atoms with Crippen LogP contribution < -0.4 is 16.1 Å². The van der Waals surface area contributed by atoms with Crippen molar-refractivity contribution in [2.45, 2.75) is 37.1 Å². The monoisotopic (exact) mass is 312 g/mol. The number of rotatable bonds is 7. The van der Waals surface area contributed by atoms with Gasteiger partial charge in [0.25, 0.3) is 0 Å². The van der Waals surface area contributed by atoms with Crippen LogP contribution in [-0.4, -0.2) is 31.0 Å². The highest BCUT2D eigenvalue weighted by molar-refractivity contribution is 7.89. The lowest BCUT2D eigenvalue weighted by atomic mass is 10.1. The maximum Gasteiger partial charge on any atom is 0.323 e. The lowest BCUT2D eigenvalue weighted by Gasteiger charge is -2.16. The minimum absolute atomic E-state index is 0.111. The highest BCUT2D eigenvalue weighted by Gasteiger charge is 2.19. The van der Waals surface area contributed by atoms with Crippen molar-refractivity contribution >= 4 is 21.1 Å². The molecular formula is C13H20N4O3S. The quantitative estimate of drug-likeness (QED) is 0.600. The zero-order valence-electron chi connectivity index (χ0n) is 11.8. The molecule has 0 fully saturated rings. The largest absolute Gasteiger partial charge is 0.329 e. The van der Waals surface area contributed by atoms with Crippen LogP contribution in [0.25, 0.3) is 11.0 Å². The Morgan fingerprint density at radius 1 is 1.29 bits per heavy atom. The summed E-state index contributed by atoms with van der Waals surface area (Å²) in [5, 5.41) is 0. The third-order valence-corrected chi connectivity index (χ3v) is 4.83. The molecule has 0 spiro atoms. The standard InChI is InChI=1S/C13H20N4O3S/c1-2-3-4-9(8-14)17-21(19,20)10-5-6-11-12(7-10)16-13(18)15-11/h5-7,9,17H,2-4,8,14H2,1H3,(H2,15,16,18). The number of benzene rings is 1. The maximum absolute atomic E-state index is 12.3. The van der Waals surface area contributed by atoms with Gasteiger partial charge in [-0.05, 0) is 24.6 Å². The molecule has 0 aliphatic carbocycles. The van der Waals surface area contributed by atoms with Gasteiger partial charge < -0.3 is 15.7 Å². The number of sulfonamides is 1. The van der Waals surface area contributed by atoms with E-state index >= 15 is 0 Å². The summed E-state index contributed by atoms with van der Waals surface area (Å²) >= 11 is 0. The SMILES string of the molecule is CCCCC(CN)NS(=O)(=O)c1ccc2[nH]c(=O)[nH]c2c1. The summed E-state index contributed by atoms with van der Waals surface area (Å²) in [6, 6.07) is 4.17. The number of hydrogen-bond acceptors (Lipinski definition) is 4. The molecule has 0 bridgehead atoms. The highest BCUT2D eigenvalue weighted by atomic mass is 32.2. The third kappa shape index (κ3) is 3.72. The van der Waals surface area contributed by atoms with Crippen molar-refractivity contribution in [3.05, 3.63) is 28.7 Å². The molecule has 116 valence electrons. The second-order valence-corrected chi connectivity index (χ2v) is 6.70. The van der Waals surface area contributed by atoms with Crippen molar-refractivity contribution in [1.29, 1.82) is 0 Å². The fourth-order valence-electron chi connectivity index (χ4n) is 2.14. The van der Waals surface area contributed by atoms with Gasteiger partial charge in [-0.25, -0.2) is 17.9 Å². The number of imidazole rings is 1. The molecule has 0 aliphatic heterocycles. The Labute approximate surface area is 123 Å². The van der Waals surface area contributed by atoms with Gasteiger partial charge in [-0.15, -0.1) is 0 Å². The van der Waals surface area contributed by atoms with Crippen LogP contribution in [0.2, 0.25) is 0 Å². The van der Waals surface area contributed by atoms with E-state index in [2.05, 4.69) is 14.7 Å². The Morgan fingerprint density at radius 2 is 2.00 bits per heavy atom. The first-order valence-corrected chi connectivity index (χ1v) is 8.39. The van der Waals surface area contributed by atoms with Gasteiger partial charge in [-0.1, -0.05) is 19.8 Å². The molecule has 1 unspecified atom stereocenters. The normalized spacial score (nSPS) is 13.6. The lowest BCUT2D eigenvalue weighted by Crippen LogP contribution is -2.40. The van der Waals surface area contributed by atoms with Gasteiger partial charge in [0, 0.05) is 12.6 Å². The number of H-pyrrole nitrogens is 2. The number of nitrogens with two attached hydrogens (primary N) is 1. The van der Waals surface area contributed by atoms with Gasteiger partial charge in [0.1, 0.15) is 0 Å². The van der Waals surface area contributed by atoms with Gasteiger partial charge in [0.05, 0.1) is 15.9 Å². The van der Waals surface area contributed by atoms with Crippen molar-refractivity contribution < 1.29 is 8.42 Å². The molecule has 0 radical (unpaired) electrons. The number of hydrogen-bond donors (Lipinski definition) is 4. The van der Waals surface area contributed by atoms with E-state index < -0.39 is 10.0 Å². The maximum atomic E-state index is 12.3. The first kappa shape index (κ1) is 15.7. The molecular weight excluding hydrogens is 292 g/mol. The summed E-state index contributed by atoms with van der Waals surface area (Å²) < 4.78 is 27.3. The predicted octanol–water partition coefficient (Wildman–Crippen LogP) is 0.652. The summed E-state index contributed by atoms with van der Waals surface area (Å²) in [7, 11) is -3.65. The molecule has 0 amide bonds. The van der Waals surface area contributed by atoms with Crippen LogP contribution in [0.5, 0.6) is 0 Å². The van der Waals surface area contributed by atoms with E-state index in [1.54, 1.807) is 6.07 Å². The summed E-state index contributed by atoms with van der Waals surface area (Å²) in [6.45, 7) is 2.29. The number of aromatic nitrogens is 2. The van der Waals surface area contributed by atoms with Crippen molar-refractivity contribution in [2.75, 3.05) is 6.54 Å². The van der Waals surface area contributed by atoms with E-state index in [0.717, 1.165) is 12.8 Å². The minimum atomic E-state index is -3.65. The van der Waals surface area contributed by atoms with E-state index in [1.165, 1.54) is 12.1 Å². The van der Waals surface area contributed by atoms with E-state index in [-0.39, 0.29) is 23.2 Å². The molecule has 5 N–H and O–H groups in total. The zero-order valence-corrected chi connectivity index (χ0v) is 12.7. The van der Waals surface area contributed by atoms with Crippen molar-refractivity contribution in [2.24, 2.45) is 5.73 Å². The zero-order chi connectivity index (χ0) is 15.5. The van der Waals surface area contributed by atoms with Crippen molar-refractivity contribution in [3.8, 4) is 0 Å². The molecule has 0 saturated carbocycles. The first-order valence-electron chi connectivity index (χ1n) is 6.90. The average Bonchev–Trinajstić information content (AvgIpc) is 2.82. The molecule has 7 nitrogen and oxygen atoms in total. The van der Waals surface area contributed by atoms with Gasteiger partial charge in [-0.2, -0.15) is 0 Å². The summed E-state index contributed by atoms with van der Waals surface area (Å²) in [6.07, 6.45) is 2.60. The van der Waals surface area contributed by atoms with E-state index in [1.807, 2.05) is 6.92 Å². The Hall–Kier alpha value is -1.64. The molecule has 1 aromatic heterocycles. The van der Waals surface area contributed by atoms with Crippen LogP contribution >= 0.6 is 0 Å². The average molecular weight is 312 g/mol. The molecule has 8 heteroatoms. The van der Waals surface area contributed by atoms with Crippen LogP contribution in [0.4, 0.5) is 0 Å². The van der Waals surface area contributed by atoms with Crippen LogP contribution in [0.3, 0.4) is 0 Å². The van der Waals surface area contributed by atoms with Crippen LogP contribution in [-0.2, 0) is 10.0 Å². The number of unbranched alkanes of at least 4 members (excludes halogenated alkanes) is 1. The topological polar surface area (TPSA) is 121 Å². The van der Waals surface area contributed by atoms with E-state index in [4.69, 9.17) is 5.73 Å². The van der Waals surface area contributed by atoms with Gasteiger partial charge in [-0.3, -0.25) is 0 Å². The summed E-state index contributed by atoms with van der Waals surface area (Å²) in [5.41, 5.74) is 6.28. The van der Waals surface area contributed by atoms with E-state index in [9.17, 15) is 13.2 Å². The lowest BCUT2D eigenvalue weighted by molar-refractivity contribution is 0.516. The first-order chi connectivity index (χ1) is 9.96. The second-order valence-electron chi connectivity index (χ2n) is 4.98. The number of aromatic amines is 2. The second kappa shape index (κ2) is 6.42. The molecule has 2 aromatic rings. The van der Waals surface area contributed by atoms with Crippen LogP contribution in [0.1, 0.15) is 26.2 Å². The molecule has 1 aromatic carbocycles. The molecule has 0 saturated heterocycles. The fraction of sp³-hybridized carbons (Fsp3) is 0.462. The highest BCUT2D eigenvalue weighted by Crippen LogP contribution is 2.15. The summed E-state index contributed by atoms with van der Waals surface area (Å²) in [4.78, 5) is 16.4.